The highest BCUT2D eigenvalue weighted by molar-refractivity contribution is 5.98. The van der Waals surface area contributed by atoms with Gasteiger partial charge in [-0.2, -0.15) is 0 Å². The molecule has 0 bridgehead atoms. The number of benzene rings is 3. The Balaban J connectivity index is 0.000000203. The van der Waals surface area contributed by atoms with Crippen LogP contribution in [0.5, 0.6) is 5.75 Å². The van der Waals surface area contributed by atoms with Crippen molar-refractivity contribution < 1.29 is 19.4 Å². The first-order valence-corrected chi connectivity index (χ1v) is 11.3. The van der Waals surface area contributed by atoms with E-state index in [2.05, 4.69) is 36.1 Å². The first-order chi connectivity index (χ1) is 15.9. The van der Waals surface area contributed by atoms with Crippen LogP contribution < -0.4 is 4.74 Å². The van der Waals surface area contributed by atoms with Crippen molar-refractivity contribution in [3.63, 3.8) is 0 Å². The number of ketones is 2. The molecule has 1 aliphatic heterocycles. The summed E-state index contributed by atoms with van der Waals surface area (Å²) in [5.41, 5.74) is 3.72. The second-order valence-electron chi connectivity index (χ2n) is 8.25. The van der Waals surface area contributed by atoms with Gasteiger partial charge >= 0.3 is 0 Å². The monoisotopic (exact) mass is 445 g/mol. The summed E-state index contributed by atoms with van der Waals surface area (Å²) in [5.74, 6) is -0.245. The van der Waals surface area contributed by atoms with Gasteiger partial charge in [-0.15, -0.1) is 0 Å². The summed E-state index contributed by atoms with van der Waals surface area (Å²) in [6, 6.07) is 23.5. The lowest BCUT2D eigenvalue weighted by molar-refractivity contribution is -0.00294. The number of Topliss-reactive ketones (excluding diaryl/α,β-unsaturated/α-hetero) is 2. The summed E-state index contributed by atoms with van der Waals surface area (Å²) < 4.78 is 5.16. The highest BCUT2D eigenvalue weighted by Crippen LogP contribution is 2.16. The average molecular weight is 446 g/mol. The molecule has 0 aliphatic carbocycles. The van der Waals surface area contributed by atoms with Gasteiger partial charge < -0.3 is 9.84 Å². The van der Waals surface area contributed by atoms with E-state index in [0.717, 1.165) is 6.54 Å². The van der Waals surface area contributed by atoms with E-state index in [1.807, 2.05) is 0 Å². The minimum atomic E-state index is -1.57. The molecule has 0 radical (unpaired) electrons. The summed E-state index contributed by atoms with van der Waals surface area (Å²) in [4.78, 5) is 25.6. The van der Waals surface area contributed by atoms with Crippen LogP contribution in [0, 0.1) is 6.92 Å². The molecule has 0 amide bonds. The molecule has 1 heterocycles. The van der Waals surface area contributed by atoms with Gasteiger partial charge in [0.15, 0.2) is 5.78 Å². The standard InChI is InChI=1S/C16H14O4.C12H17N/c1-11(17)12-7-9-14(10-8-12)20-16(19)15(18)13-5-3-2-4-6-13;1-11-4-6-12(7-5-11)10-13-8-2-3-9-13/h2-10,16,19H,1H3;4-7H,2-3,8-10H2,1H3. The minimum Gasteiger partial charge on any atom is -0.457 e. The predicted octanol–water partition coefficient (Wildman–Crippen LogP) is 5.06. The largest absolute Gasteiger partial charge is 0.457 e. The maximum atomic E-state index is 11.9. The van der Waals surface area contributed by atoms with E-state index < -0.39 is 12.1 Å². The molecule has 1 N–H and O–H groups in total. The van der Waals surface area contributed by atoms with Crippen LogP contribution in [0.1, 0.15) is 51.6 Å². The fraction of sp³-hybridized carbons (Fsp3) is 0.286. The van der Waals surface area contributed by atoms with Crippen LogP contribution in [0.3, 0.4) is 0 Å². The Bertz CT molecular complexity index is 1020. The summed E-state index contributed by atoms with van der Waals surface area (Å²) in [7, 11) is 0. The lowest BCUT2D eigenvalue weighted by Crippen LogP contribution is -2.26. The molecule has 0 spiro atoms. The third kappa shape index (κ3) is 7.67. The number of likely N-dealkylation sites (tertiary alicyclic amines) is 1. The molecule has 3 aromatic carbocycles. The summed E-state index contributed by atoms with van der Waals surface area (Å²) in [6.07, 6.45) is 1.19. The molecule has 4 rings (SSSR count). The second-order valence-corrected chi connectivity index (χ2v) is 8.25. The Kier molecular flexibility index (Phi) is 8.93. The molecule has 3 aromatic rings. The summed E-state index contributed by atoms with van der Waals surface area (Å²) in [5, 5.41) is 9.76. The average Bonchev–Trinajstić information content (AvgIpc) is 3.34. The Morgan fingerprint density at radius 3 is 2.06 bits per heavy atom. The maximum Gasteiger partial charge on any atom is 0.262 e. The third-order valence-corrected chi connectivity index (χ3v) is 5.52. The molecule has 1 fully saturated rings. The normalized spacial score (nSPS) is 14.2. The number of aliphatic hydroxyl groups excluding tert-OH is 1. The molecule has 1 aliphatic rings. The third-order valence-electron chi connectivity index (χ3n) is 5.52. The van der Waals surface area contributed by atoms with E-state index >= 15 is 0 Å². The van der Waals surface area contributed by atoms with Gasteiger partial charge in [0.1, 0.15) is 5.75 Å². The molecule has 0 aromatic heterocycles. The van der Waals surface area contributed by atoms with Crippen LogP contribution in [0.4, 0.5) is 0 Å². The van der Waals surface area contributed by atoms with Gasteiger partial charge in [-0.1, -0.05) is 60.2 Å². The Morgan fingerprint density at radius 1 is 0.879 bits per heavy atom. The number of hydrogen-bond acceptors (Lipinski definition) is 5. The summed E-state index contributed by atoms with van der Waals surface area (Å²) >= 11 is 0. The van der Waals surface area contributed by atoms with Crippen molar-refractivity contribution in [1.82, 2.24) is 4.90 Å². The number of aryl methyl sites for hydroxylation is 1. The van der Waals surface area contributed by atoms with Crippen molar-refractivity contribution in [1.29, 1.82) is 0 Å². The van der Waals surface area contributed by atoms with Gasteiger partial charge in [0.05, 0.1) is 0 Å². The Hall–Kier alpha value is -3.28. The molecule has 1 saturated heterocycles. The number of aliphatic hydroxyl groups is 1. The van der Waals surface area contributed by atoms with Gasteiger partial charge in [-0.3, -0.25) is 14.5 Å². The summed E-state index contributed by atoms with van der Waals surface area (Å²) in [6.45, 7) is 7.31. The molecule has 0 saturated carbocycles. The molecular weight excluding hydrogens is 414 g/mol. The van der Waals surface area contributed by atoms with Gasteiger partial charge in [0.2, 0.25) is 5.78 Å². The minimum absolute atomic E-state index is 0.0579. The van der Waals surface area contributed by atoms with Crippen molar-refractivity contribution >= 4 is 11.6 Å². The lowest BCUT2D eigenvalue weighted by Gasteiger charge is -2.14. The van der Waals surface area contributed by atoms with Crippen molar-refractivity contribution in [2.75, 3.05) is 13.1 Å². The SMILES string of the molecule is CC(=O)c1ccc(OC(O)C(=O)c2ccccc2)cc1.Cc1ccc(CN2CCCC2)cc1. The molecule has 33 heavy (non-hydrogen) atoms. The molecule has 1 atom stereocenters. The zero-order chi connectivity index (χ0) is 23.6. The smallest absolute Gasteiger partial charge is 0.262 e. The van der Waals surface area contributed by atoms with Crippen molar-refractivity contribution in [3.8, 4) is 5.75 Å². The van der Waals surface area contributed by atoms with Crippen LogP contribution in [-0.2, 0) is 6.54 Å². The van der Waals surface area contributed by atoms with Gasteiger partial charge in [0.25, 0.3) is 6.29 Å². The molecule has 172 valence electrons. The molecule has 1 unspecified atom stereocenters. The molecule has 5 heteroatoms. The molecular formula is C28H31NO4. The fourth-order valence-corrected chi connectivity index (χ4v) is 3.59. The van der Waals surface area contributed by atoms with Crippen molar-refractivity contribution in [2.24, 2.45) is 0 Å². The quantitative estimate of drug-likeness (QED) is 0.407. The van der Waals surface area contributed by atoms with E-state index in [9.17, 15) is 14.7 Å². The van der Waals surface area contributed by atoms with E-state index in [1.54, 1.807) is 42.5 Å². The van der Waals surface area contributed by atoms with Crippen LogP contribution in [0.25, 0.3) is 0 Å². The second kappa shape index (κ2) is 12.1. The van der Waals surface area contributed by atoms with Crippen LogP contribution >= 0.6 is 0 Å². The number of carbonyl (C=O) groups excluding carboxylic acids is 2. The maximum absolute atomic E-state index is 11.9. The van der Waals surface area contributed by atoms with E-state index in [0.29, 0.717) is 16.9 Å². The number of rotatable bonds is 7. The fourth-order valence-electron chi connectivity index (χ4n) is 3.59. The van der Waals surface area contributed by atoms with Crippen molar-refractivity contribution in [3.05, 3.63) is 101 Å². The van der Waals surface area contributed by atoms with Crippen LogP contribution in [-0.4, -0.2) is 41.0 Å². The highest BCUT2D eigenvalue weighted by atomic mass is 16.6. The zero-order valence-electron chi connectivity index (χ0n) is 19.2. The van der Waals surface area contributed by atoms with Crippen molar-refractivity contribution in [2.45, 2.75) is 39.5 Å². The first-order valence-electron chi connectivity index (χ1n) is 11.3. The van der Waals surface area contributed by atoms with Gasteiger partial charge in [-0.05, 0) is 69.6 Å². The van der Waals surface area contributed by atoms with Crippen LogP contribution in [0.2, 0.25) is 0 Å². The Labute approximate surface area is 195 Å². The van der Waals surface area contributed by atoms with E-state index in [1.165, 1.54) is 56.1 Å². The van der Waals surface area contributed by atoms with Gasteiger partial charge in [-0.25, -0.2) is 0 Å². The number of ether oxygens (including phenoxy) is 1. The van der Waals surface area contributed by atoms with Crippen LogP contribution in [0.15, 0.2) is 78.9 Å². The first kappa shape index (κ1) is 24.4. The molecule has 5 nitrogen and oxygen atoms in total. The topological polar surface area (TPSA) is 66.8 Å². The van der Waals surface area contributed by atoms with E-state index in [-0.39, 0.29) is 5.78 Å². The number of nitrogens with zero attached hydrogens (tertiary/aromatic N) is 1. The van der Waals surface area contributed by atoms with E-state index in [4.69, 9.17) is 4.74 Å². The zero-order valence-corrected chi connectivity index (χ0v) is 19.2. The highest BCUT2D eigenvalue weighted by Gasteiger charge is 2.18. The number of hydrogen-bond donors (Lipinski definition) is 1. The Morgan fingerprint density at radius 2 is 1.48 bits per heavy atom. The predicted molar refractivity (Wildman–Crippen MR) is 130 cm³/mol. The lowest BCUT2D eigenvalue weighted by atomic mass is 10.1. The van der Waals surface area contributed by atoms with Gasteiger partial charge in [0, 0.05) is 17.7 Å². The number of carbonyl (C=O) groups is 2.